The lowest BCUT2D eigenvalue weighted by atomic mass is 10.0. The van der Waals surface area contributed by atoms with Crippen LogP contribution in [0.4, 0.5) is 0 Å². The monoisotopic (exact) mass is 429 g/mol. The van der Waals surface area contributed by atoms with Gasteiger partial charge in [0.25, 0.3) is 5.91 Å². The Hall–Kier alpha value is -3.49. The van der Waals surface area contributed by atoms with E-state index in [1.54, 1.807) is 6.20 Å². The lowest BCUT2D eigenvalue weighted by Crippen LogP contribution is -2.47. The number of carbonyl (C=O) groups is 1. The summed E-state index contributed by atoms with van der Waals surface area (Å²) in [6.45, 7) is 2.57. The van der Waals surface area contributed by atoms with Crippen molar-refractivity contribution in [2.45, 2.75) is 18.6 Å². The number of hydrogen-bond acceptors (Lipinski definition) is 5. The van der Waals surface area contributed by atoms with Gasteiger partial charge in [0.05, 0.1) is 19.4 Å². The summed E-state index contributed by atoms with van der Waals surface area (Å²) < 4.78 is 11.5. The largest absolute Gasteiger partial charge is 0.347 e. The van der Waals surface area contributed by atoms with E-state index in [0.29, 0.717) is 31.9 Å². The zero-order valence-corrected chi connectivity index (χ0v) is 17.5. The van der Waals surface area contributed by atoms with E-state index >= 15 is 0 Å². The fourth-order valence-electron chi connectivity index (χ4n) is 4.62. The van der Waals surface area contributed by atoms with Gasteiger partial charge < -0.3 is 19.4 Å². The van der Waals surface area contributed by atoms with E-state index in [2.05, 4.69) is 26.2 Å². The van der Waals surface area contributed by atoms with E-state index in [1.807, 2.05) is 47.8 Å². The van der Waals surface area contributed by atoms with E-state index in [1.165, 1.54) is 0 Å². The second-order valence-electron chi connectivity index (χ2n) is 8.29. The van der Waals surface area contributed by atoms with Crippen LogP contribution >= 0.6 is 0 Å². The summed E-state index contributed by atoms with van der Waals surface area (Å²) in [6, 6.07) is 9.86. The summed E-state index contributed by atoms with van der Waals surface area (Å²) in [5.41, 5.74) is 5.58. The molecule has 2 N–H and O–H groups in total. The number of hydrogen-bond donors (Lipinski definition) is 2. The van der Waals surface area contributed by atoms with Crippen LogP contribution in [-0.2, 0) is 9.47 Å². The third-order valence-corrected chi connectivity index (χ3v) is 6.43. The molecule has 2 aliphatic heterocycles. The van der Waals surface area contributed by atoms with Gasteiger partial charge in [0, 0.05) is 72.2 Å². The molecule has 0 unspecified atom stereocenters. The maximum Gasteiger partial charge on any atom is 0.253 e. The highest BCUT2D eigenvalue weighted by Gasteiger charge is 2.40. The van der Waals surface area contributed by atoms with Crippen LogP contribution in [0.2, 0.25) is 0 Å². The molecule has 2 fully saturated rings. The number of H-pyrrole nitrogens is 2. The standard InChI is InChI=1S/C24H23N5O3/c30-23(29-7-5-24(6-8-29)31-9-10-32-24)17-3-1-16(2-4-17)18-11-20-21(19-13-27-28-14-19)15-26-22(20)25-12-18/h1-4,11-15H,5-10H2,(H,25,26)(H,27,28). The maximum atomic E-state index is 13.0. The molecule has 1 spiro atoms. The topological polar surface area (TPSA) is 96.1 Å². The number of aromatic nitrogens is 4. The molecule has 0 aliphatic carbocycles. The van der Waals surface area contributed by atoms with Gasteiger partial charge in [-0.3, -0.25) is 9.89 Å². The molecule has 32 heavy (non-hydrogen) atoms. The number of nitrogens with zero attached hydrogens (tertiary/aromatic N) is 3. The molecular formula is C24H23N5O3. The van der Waals surface area contributed by atoms with Gasteiger partial charge in [0.15, 0.2) is 5.79 Å². The number of piperidine rings is 1. The Labute approximate surface area is 184 Å². The van der Waals surface area contributed by atoms with Crippen molar-refractivity contribution < 1.29 is 14.3 Å². The zero-order chi connectivity index (χ0) is 21.5. The van der Waals surface area contributed by atoms with E-state index in [0.717, 1.165) is 46.1 Å². The van der Waals surface area contributed by atoms with Crippen LogP contribution in [0.5, 0.6) is 0 Å². The average Bonchev–Trinajstić information content (AvgIpc) is 3.60. The fourth-order valence-corrected chi connectivity index (χ4v) is 4.62. The number of pyridine rings is 1. The zero-order valence-electron chi connectivity index (χ0n) is 17.5. The van der Waals surface area contributed by atoms with Gasteiger partial charge in [-0.15, -0.1) is 0 Å². The number of amides is 1. The van der Waals surface area contributed by atoms with Crippen molar-refractivity contribution in [1.29, 1.82) is 0 Å². The van der Waals surface area contributed by atoms with Gasteiger partial charge in [-0.2, -0.15) is 5.10 Å². The van der Waals surface area contributed by atoms with Crippen molar-refractivity contribution in [3.8, 4) is 22.3 Å². The minimum Gasteiger partial charge on any atom is -0.347 e. The Morgan fingerprint density at radius 3 is 2.47 bits per heavy atom. The minimum atomic E-state index is -0.472. The second kappa shape index (κ2) is 7.58. The van der Waals surface area contributed by atoms with Crippen molar-refractivity contribution in [3.05, 3.63) is 60.7 Å². The number of benzene rings is 1. The summed E-state index contributed by atoms with van der Waals surface area (Å²) in [5, 5.41) is 7.92. The van der Waals surface area contributed by atoms with Gasteiger partial charge in [0.2, 0.25) is 0 Å². The number of nitrogens with one attached hydrogen (secondary N) is 2. The highest BCUT2D eigenvalue weighted by atomic mass is 16.7. The fraction of sp³-hybridized carbons (Fsp3) is 0.292. The van der Waals surface area contributed by atoms with E-state index in [-0.39, 0.29) is 5.91 Å². The number of ether oxygens (including phenoxy) is 2. The Kier molecular flexibility index (Phi) is 4.55. The number of fused-ring (bicyclic) bond motifs is 1. The molecule has 8 heteroatoms. The molecule has 0 atom stereocenters. The van der Waals surface area contributed by atoms with Crippen molar-refractivity contribution in [2.75, 3.05) is 26.3 Å². The summed E-state index contributed by atoms with van der Waals surface area (Å²) in [4.78, 5) is 22.7. The Bertz CT molecular complexity index is 1250. The molecule has 6 rings (SSSR count). The molecule has 0 saturated carbocycles. The van der Waals surface area contributed by atoms with Crippen LogP contribution in [0.1, 0.15) is 23.2 Å². The normalized spacial score (nSPS) is 17.9. The molecular weight excluding hydrogens is 406 g/mol. The molecule has 8 nitrogen and oxygen atoms in total. The van der Waals surface area contributed by atoms with Crippen LogP contribution in [0, 0.1) is 0 Å². The first-order valence-electron chi connectivity index (χ1n) is 10.8. The molecule has 1 aromatic carbocycles. The van der Waals surface area contributed by atoms with Gasteiger partial charge in [-0.05, 0) is 23.8 Å². The summed E-state index contributed by atoms with van der Waals surface area (Å²) >= 11 is 0. The molecule has 0 bridgehead atoms. The smallest absolute Gasteiger partial charge is 0.253 e. The third kappa shape index (κ3) is 3.28. The maximum absolute atomic E-state index is 13.0. The number of likely N-dealkylation sites (tertiary alicyclic amines) is 1. The Balaban J connectivity index is 1.21. The average molecular weight is 429 g/mol. The van der Waals surface area contributed by atoms with Gasteiger partial charge >= 0.3 is 0 Å². The first kappa shape index (κ1) is 19.2. The predicted octanol–water partition coefficient (Wildman–Crippen LogP) is 3.60. The van der Waals surface area contributed by atoms with Crippen LogP contribution < -0.4 is 0 Å². The molecule has 5 heterocycles. The minimum absolute atomic E-state index is 0.0471. The highest BCUT2D eigenvalue weighted by Crippen LogP contribution is 2.33. The van der Waals surface area contributed by atoms with Crippen molar-refractivity contribution in [3.63, 3.8) is 0 Å². The van der Waals surface area contributed by atoms with Crippen LogP contribution in [0.15, 0.2) is 55.1 Å². The van der Waals surface area contributed by atoms with Crippen molar-refractivity contribution in [1.82, 2.24) is 25.1 Å². The Morgan fingerprint density at radius 1 is 0.969 bits per heavy atom. The third-order valence-electron chi connectivity index (χ3n) is 6.43. The molecule has 162 valence electrons. The van der Waals surface area contributed by atoms with Crippen LogP contribution in [0.3, 0.4) is 0 Å². The lowest BCUT2D eigenvalue weighted by Gasteiger charge is -2.37. The molecule has 1 amide bonds. The number of aromatic amines is 2. The number of carbonyl (C=O) groups excluding carboxylic acids is 1. The van der Waals surface area contributed by atoms with E-state index < -0.39 is 5.79 Å². The van der Waals surface area contributed by atoms with Crippen LogP contribution in [-0.4, -0.2) is 63.1 Å². The van der Waals surface area contributed by atoms with Gasteiger partial charge in [0.1, 0.15) is 5.65 Å². The second-order valence-corrected chi connectivity index (χ2v) is 8.29. The lowest BCUT2D eigenvalue weighted by molar-refractivity contribution is -0.181. The Morgan fingerprint density at radius 2 is 1.75 bits per heavy atom. The quantitative estimate of drug-likeness (QED) is 0.519. The van der Waals surface area contributed by atoms with Crippen molar-refractivity contribution >= 4 is 16.9 Å². The molecule has 4 aromatic rings. The predicted molar refractivity (Wildman–Crippen MR) is 119 cm³/mol. The highest BCUT2D eigenvalue weighted by molar-refractivity contribution is 5.96. The van der Waals surface area contributed by atoms with Crippen molar-refractivity contribution in [2.24, 2.45) is 0 Å². The summed E-state index contributed by atoms with van der Waals surface area (Å²) in [6.07, 6.45) is 8.89. The molecule has 2 aliphatic rings. The molecule has 0 radical (unpaired) electrons. The first-order chi connectivity index (χ1) is 15.7. The van der Waals surface area contributed by atoms with Gasteiger partial charge in [-0.25, -0.2) is 4.98 Å². The summed E-state index contributed by atoms with van der Waals surface area (Å²) in [7, 11) is 0. The first-order valence-corrected chi connectivity index (χ1v) is 10.8. The SMILES string of the molecule is O=C(c1ccc(-c2cnc3[nH]cc(-c4cn[nH]c4)c3c2)cc1)N1CCC2(CC1)OCCO2. The van der Waals surface area contributed by atoms with Crippen LogP contribution in [0.25, 0.3) is 33.3 Å². The molecule has 2 saturated heterocycles. The van der Waals surface area contributed by atoms with E-state index in [9.17, 15) is 4.79 Å². The van der Waals surface area contributed by atoms with Gasteiger partial charge in [-0.1, -0.05) is 12.1 Å². The molecule has 3 aromatic heterocycles. The summed E-state index contributed by atoms with van der Waals surface area (Å²) in [5.74, 6) is -0.425. The number of rotatable bonds is 3. The van der Waals surface area contributed by atoms with E-state index in [4.69, 9.17) is 9.47 Å².